The van der Waals surface area contributed by atoms with Crippen LogP contribution in [-0.2, 0) is 17.9 Å². The number of carbonyl (C=O) groups is 1. The van der Waals surface area contributed by atoms with Crippen molar-refractivity contribution in [3.63, 3.8) is 0 Å². The van der Waals surface area contributed by atoms with Gasteiger partial charge < -0.3 is 19.5 Å². The van der Waals surface area contributed by atoms with E-state index in [0.29, 0.717) is 30.3 Å². The minimum atomic E-state index is -0.475. The molecule has 0 fully saturated rings. The number of rotatable bonds is 3. The molecule has 1 atom stereocenters. The van der Waals surface area contributed by atoms with Crippen LogP contribution in [0, 0.1) is 5.82 Å². The van der Waals surface area contributed by atoms with E-state index >= 15 is 0 Å². The summed E-state index contributed by atoms with van der Waals surface area (Å²) in [6.45, 7) is 0.987. The Labute approximate surface area is 169 Å². The number of anilines is 1. The number of halogens is 2. The van der Waals surface area contributed by atoms with E-state index in [1.165, 1.54) is 12.1 Å². The lowest BCUT2D eigenvalue weighted by Crippen LogP contribution is -2.22. The first-order valence-electron chi connectivity index (χ1n) is 8.91. The largest absolute Gasteiger partial charge is 0.454 e. The molecule has 0 aliphatic carbocycles. The van der Waals surface area contributed by atoms with E-state index < -0.39 is 11.7 Å². The first-order valence-corrected chi connectivity index (χ1v) is 9.29. The molecule has 2 aromatic carbocycles. The summed E-state index contributed by atoms with van der Waals surface area (Å²) in [6, 6.07) is 11.1. The molecule has 7 nitrogen and oxygen atoms in total. The van der Waals surface area contributed by atoms with Crippen molar-refractivity contribution in [1.29, 1.82) is 0 Å². The number of fused-ring (bicyclic) bond motifs is 2. The van der Waals surface area contributed by atoms with E-state index in [1.54, 1.807) is 10.7 Å². The van der Waals surface area contributed by atoms with Gasteiger partial charge in [0.25, 0.3) is 5.91 Å². The Balaban J connectivity index is 1.33. The third-order valence-electron chi connectivity index (χ3n) is 4.81. The molecule has 0 saturated heterocycles. The van der Waals surface area contributed by atoms with E-state index in [4.69, 9.17) is 25.8 Å². The summed E-state index contributed by atoms with van der Waals surface area (Å²) in [6.07, 6.45) is -0.223. The van der Waals surface area contributed by atoms with Crippen molar-refractivity contribution in [2.24, 2.45) is 0 Å². The van der Waals surface area contributed by atoms with Gasteiger partial charge in [-0.25, -0.2) is 4.39 Å². The summed E-state index contributed by atoms with van der Waals surface area (Å²) >= 11 is 5.97. The van der Waals surface area contributed by atoms with Gasteiger partial charge in [-0.05, 0) is 42.0 Å². The number of hydrogen-bond donors (Lipinski definition) is 1. The second-order valence-corrected chi connectivity index (χ2v) is 7.10. The van der Waals surface area contributed by atoms with Crippen molar-refractivity contribution in [3.05, 3.63) is 70.3 Å². The SMILES string of the molecule is O=C(Nc1ccc(F)cc1Cl)c1cc2n(n1)C[C@@H](c1ccc3c(c1)OCO3)OC2. The van der Waals surface area contributed by atoms with E-state index in [1.807, 2.05) is 18.2 Å². The van der Waals surface area contributed by atoms with Crippen LogP contribution < -0.4 is 14.8 Å². The zero-order chi connectivity index (χ0) is 20.0. The lowest BCUT2D eigenvalue weighted by molar-refractivity contribution is -0.00127. The minimum Gasteiger partial charge on any atom is -0.454 e. The van der Waals surface area contributed by atoms with Gasteiger partial charge >= 0.3 is 0 Å². The van der Waals surface area contributed by atoms with E-state index in [2.05, 4.69) is 10.4 Å². The number of aromatic nitrogens is 2. The van der Waals surface area contributed by atoms with Gasteiger partial charge in [0.2, 0.25) is 6.79 Å². The van der Waals surface area contributed by atoms with Crippen LogP contribution in [0.3, 0.4) is 0 Å². The molecule has 0 spiro atoms. The molecule has 0 bridgehead atoms. The summed E-state index contributed by atoms with van der Waals surface area (Å²) in [5.41, 5.74) is 2.28. The summed E-state index contributed by atoms with van der Waals surface area (Å²) in [7, 11) is 0. The Hall–Kier alpha value is -3.10. The van der Waals surface area contributed by atoms with Crippen LogP contribution in [0.2, 0.25) is 5.02 Å². The Morgan fingerprint density at radius 1 is 1.17 bits per heavy atom. The molecule has 0 unspecified atom stereocenters. The molecule has 3 aromatic rings. The van der Waals surface area contributed by atoms with Crippen LogP contribution >= 0.6 is 11.6 Å². The zero-order valence-corrected chi connectivity index (χ0v) is 15.8. The van der Waals surface area contributed by atoms with Crippen LogP contribution in [0.5, 0.6) is 11.5 Å². The fraction of sp³-hybridized carbons (Fsp3) is 0.200. The summed E-state index contributed by atoms with van der Waals surface area (Å²) in [4.78, 5) is 12.5. The van der Waals surface area contributed by atoms with E-state index in [9.17, 15) is 9.18 Å². The molecule has 3 heterocycles. The van der Waals surface area contributed by atoms with Crippen LogP contribution in [0.4, 0.5) is 10.1 Å². The maximum absolute atomic E-state index is 13.2. The summed E-state index contributed by atoms with van der Waals surface area (Å²) < 4.78 is 31.6. The Morgan fingerprint density at radius 2 is 2.03 bits per heavy atom. The third kappa shape index (κ3) is 3.41. The fourth-order valence-electron chi connectivity index (χ4n) is 3.33. The van der Waals surface area contributed by atoms with Gasteiger partial charge in [-0.3, -0.25) is 9.48 Å². The number of carbonyl (C=O) groups excluding carboxylic acids is 1. The lowest BCUT2D eigenvalue weighted by Gasteiger charge is -2.24. The summed E-state index contributed by atoms with van der Waals surface area (Å²) in [5, 5.41) is 7.16. The van der Waals surface area contributed by atoms with Gasteiger partial charge in [0.15, 0.2) is 17.2 Å². The van der Waals surface area contributed by atoms with Crippen molar-refractivity contribution in [2.45, 2.75) is 19.3 Å². The number of nitrogens with zero attached hydrogens (tertiary/aromatic N) is 2. The van der Waals surface area contributed by atoms with Crippen molar-refractivity contribution >= 4 is 23.2 Å². The Bertz CT molecular complexity index is 1120. The highest BCUT2D eigenvalue weighted by Gasteiger charge is 2.26. The zero-order valence-electron chi connectivity index (χ0n) is 15.0. The third-order valence-corrected chi connectivity index (χ3v) is 5.13. The van der Waals surface area contributed by atoms with E-state index in [-0.39, 0.29) is 23.6 Å². The molecule has 1 amide bonds. The smallest absolute Gasteiger partial charge is 0.276 e. The number of benzene rings is 2. The molecule has 9 heteroatoms. The Morgan fingerprint density at radius 3 is 2.90 bits per heavy atom. The molecule has 2 aliphatic heterocycles. The quantitative estimate of drug-likeness (QED) is 0.701. The van der Waals surface area contributed by atoms with Gasteiger partial charge in [0, 0.05) is 0 Å². The van der Waals surface area contributed by atoms with Gasteiger partial charge in [-0.1, -0.05) is 17.7 Å². The van der Waals surface area contributed by atoms with Crippen molar-refractivity contribution < 1.29 is 23.4 Å². The van der Waals surface area contributed by atoms with E-state index in [0.717, 1.165) is 17.3 Å². The first-order chi connectivity index (χ1) is 14.1. The van der Waals surface area contributed by atoms with Crippen LogP contribution in [0.1, 0.15) is 27.8 Å². The highest BCUT2D eigenvalue weighted by Crippen LogP contribution is 2.36. The molecule has 148 valence electrons. The molecule has 1 N–H and O–H groups in total. The molecule has 0 saturated carbocycles. The number of hydrogen-bond acceptors (Lipinski definition) is 5. The van der Waals surface area contributed by atoms with Gasteiger partial charge in [0.1, 0.15) is 11.9 Å². The lowest BCUT2D eigenvalue weighted by atomic mass is 10.1. The molecule has 0 radical (unpaired) electrons. The average Bonchev–Trinajstić information content (AvgIpc) is 3.35. The second kappa shape index (κ2) is 7.06. The average molecular weight is 416 g/mol. The standard InChI is InChI=1S/C20H15ClFN3O4/c21-14-6-12(22)2-3-15(14)23-20(26)16-7-13-9-27-19(8-25(13)24-16)11-1-4-17-18(5-11)29-10-28-17/h1-7,19H,8-10H2,(H,23,26)/t19-/m0/s1. The van der Waals surface area contributed by atoms with Crippen LogP contribution in [0.25, 0.3) is 0 Å². The molecule has 2 aliphatic rings. The molecule has 1 aromatic heterocycles. The van der Waals surface area contributed by atoms with Gasteiger partial charge in [-0.15, -0.1) is 0 Å². The van der Waals surface area contributed by atoms with Crippen molar-refractivity contribution in [3.8, 4) is 11.5 Å². The maximum Gasteiger partial charge on any atom is 0.276 e. The monoisotopic (exact) mass is 415 g/mol. The predicted octanol–water partition coefficient (Wildman–Crippen LogP) is 3.93. The van der Waals surface area contributed by atoms with Crippen LogP contribution in [-0.4, -0.2) is 22.5 Å². The fourth-order valence-corrected chi connectivity index (χ4v) is 3.54. The normalized spacial score (nSPS) is 17.1. The van der Waals surface area contributed by atoms with Crippen LogP contribution in [0.15, 0.2) is 42.5 Å². The number of nitrogens with one attached hydrogen (secondary N) is 1. The van der Waals surface area contributed by atoms with Crippen molar-refractivity contribution in [1.82, 2.24) is 9.78 Å². The molecule has 29 heavy (non-hydrogen) atoms. The first kappa shape index (κ1) is 18.0. The molecular formula is C20H15ClFN3O4. The predicted molar refractivity (Wildman–Crippen MR) is 102 cm³/mol. The highest BCUT2D eigenvalue weighted by molar-refractivity contribution is 6.33. The summed E-state index contributed by atoms with van der Waals surface area (Å²) in [5.74, 6) is 0.494. The second-order valence-electron chi connectivity index (χ2n) is 6.69. The van der Waals surface area contributed by atoms with Crippen molar-refractivity contribution in [2.75, 3.05) is 12.1 Å². The Kier molecular flexibility index (Phi) is 4.37. The van der Waals surface area contributed by atoms with Gasteiger partial charge in [0.05, 0.1) is 29.6 Å². The van der Waals surface area contributed by atoms with Gasteiger partial charge in [-0.2, -0.15) is 5.10 Å². The maximum atomic E-state index is 13.2. The number of ether oxygens (including phenoxy) is 3. The molecular weight excluding hydrogens is 401 g/mol. The minimum absolute atomic E-state index is 0.119. The topological polar surface area (TPSA) is 74.6 Å². The number of amides is 1. The highest BCUT2D eigenvalue weighted by atomic mass is 35.5. The molecule has 5 rings (SSSR count).